The molecular formula is C24H21FN2O3S2. The van der Waals surface area contributed by atoms with Gasteiger partial charge in [-0.1, -0.05) is 60.7 Å². The van der Waals surface area contributed by atoms with Crippen molar-refractivity contribution in [2.24, 2.45) is 0 Å². The van der Waals surface area contributed by atoms with E-state index in [9.17, 15) is 17.6 Å². The number of amides is 1. The molecule has 164 valence electrons. The molecule has 0 atom stereocenters. The van der Waals surface area contributed by atoms with Crippen molar-refractivity contribution < 1.29 is 17.6 Å². The Bertz CT molecular complexity index is 1350. The van der Waals surface area contributed by atoms with Gasteiger partial charge in [0, 0.05) is 0 Å². The maximum absolute atomic E-state index is 13.3. The third-order valence-corrected chi connectivity index (χ3v) is 7.73. The Labute approximate surface area is 190 Å². The Hall–Kier alpha value is -3.10. The summed E-state index contributed by atoms with van der Waals surface area (Å²) in [6.07, 6.45) is 0.798. The number of aryl methyl sites for hydroxylation is 1. The van der Waals surface area contributed by atoms with Gasteiger partial charge in [-0.25, -0.2) is 17.8 Å². The summed E-state index contributed by atoms with van der Waals surface area (Å²) >= 11 is 1.36. The first-order chi connectivity index (χ1) is 15.4. The van der Waals surface area contributed by atoms with Gasteiger partial charge >= 0.3 is 0 Å². The predicted octanol–water partition coefficient (Wildman–Crippen LogP) is 5.00. The molecule has 0 saturated heterocycles. The number of nitrogens with zero attached hydrogens (tertiary/aromatic N) is 2. The van der Waals surface area contributed by atoms with Gasteiger partial charge in [0.2, 0.25) is 5.91 Å². The highest BCUT2D eigenvalue weighted by Crippen LogP contribution is 2.32. The molecule has 0 spiro atoms. The lowest BCUT2D eigenvalue weighted by atomic mass is 10.1. The second-order valence-electron chi connectivity index (χ2n) is 7.29. The zero-order valence-corrected chi connectivity index (χ0v) is 19.0. The molecule has 0 unspecified atom stereocenters. The van der Waals surface area contributed by atoms with Gasteiger partial charge in [0.15, 0.2) is 15.0 Å². The van der Waals surface area contributed by atoms with E-state index in [1.165, 1.54) is 28.4 Å². The van der Waals surface area contributed by atoms with Crippen molar-refractivity contribution in [3.8, 4) is 0 Å². The van der Waals surface area contributed by atoms with Crippen molar-refractivity contribution in [2.75, 3.05) is 10.7 Å². The fourth-order valence-electron chi connectivity index (χ4n) is 3.39. The van der Waals surface area contributed by atoms with Crippen molar-refractivity contribution >= 4 is 42.4 Å². The summed E-state index contributed by atoms with van der Waals surface area (Å²) in [5, 5.41) is 0.448. The minimum atomic E-state index is -3.95. The zero-order chi connectivity index (χ0) is 22.7. The van der Waals surface area contributed by atoms with E-state index in [1.807, 2.05) is 55.5 Å². The molecule has 5 nitrogen and oxygen atoms in total. The quantitative estimate of drug-likeness (QED) is 0.358. The van der Waals surface area contributed by atoms with Crippen LogP contribution in [0.25, 0.3) is 10.2 Å². The number of para-hydroxylation sites is 1. The summed E-state index contributed by atoms with van der Waals surface area (Å²) < 4.78 is 39.8. The number of halogens is 1. The van der Waals surface area contributed by atoms with E-state index >= 15 is 0 Å². The molecule has 0 radical (unpaired) electrons. The molecule has 0 fully saturated rings. The Kier molecular flexibility index (Phi) is 6.34. The number of thiazole rings is 1. The molecule has 32 heavy (non-hydrogen) atoms. The molecular weight excluding hydrogens is 447 g/mol. The molecule has 8 heteroatoms. The number of aromatic nitrogens is 1. The van der Waals surface area contributed by atoms with Crippen LogP contribution >= 0.6 is 11.3 Å². The molecule has 4 aromatic rings. The second-order valence-corrected chi connectivity index (χ2v) is 10.3. The third-order valence-electron chi connectivity index (χ3n) is 5.07. The van der Waals surface area contributed by atoms with Crippen LogP contribution in [-0.2, 0) is 27.6 Å². The van der Waals surface area contributed by atoms with Gasteiger partial charge < -0.3 is 0 Å². The van der Waals surface area contributed by atoms with Crippen molar-refractivity contribution in [3.05, 3.63) is 89.7 Å². The standard InChI is InChI=1S/C24H21FN2O3S2/c1-2-18-9-6-10-21-23(18)26-24(31-21)27(15-17-7-4-3-5-8-17)22(28)16-32(29,30)20-13-11-19(25)12-14-20/h3-14H,2,15-16H2,1H3. The molecule has 0 aliphatic heterocycles. The lowest BCUT2D eigenvalue weighted by molar-refractivity contribution is -0.116. The van der Waals surface area contributed by atoms with Gasteiger partial charge in [-0.15, -0.1) is 0 Å². The molecule has 1 amide bonds. The first-order valence-electron chi connectivity index (χ1n) is 10.1. The Morgan fingerprint density at radius 2 is 1.72 bits per heavy atom. The highest BCUT2D eigenvalue weighted by molar-refractivity contribution is 7.92. The molecule has 0 aliphatic carbocycles. The molecule has 0 saturated carbocycles. The Morgan fingerprint density at radius 1 is 1.00 bits per heavy atom. The topological polar surface area (TPSA) is 67.3 Å². The lowest BCUT2D eigenvalue weighted by Crippen LogP contribution is -2.35. The first kappa shape index (κ1) is 22.1. The molecule has 0 aliphatic rings. The van der Waals surface area contributed by atoms with E-state index in [1.54, 1.807) is 0 Å². The average molecular weight is 469 g/mol. The minimum Gasteiger partial charge on any atom is -0.283 e. The summed E-state index contributed by atoms with van der Waals surface area (Å²) in [6.45, 7) is 2.23. The van der Waals surface area contributed by atoms with Crippen molar-refractivity contribution in [1.82, 2.24) is 4.98 Å². The van der Waals surface area contributed by atoms with Gasteiger partial charge in [-0.2, -0.15) is 0 Å². The van der Waals surface area contributed by atoms with E-state index in [2.05, 4.69) is 0 Å². The lowest BCUT2D eigenvalue weighted by Gasteiger charge is -2.20. The van der Waals surface area contributed by atoms with E-state index in [-0.39, 0.29) is 11.4 Å². The van der Waals surface area contributed by atoms with Crippen LogP contribution in [-0.4, -0.2) is 25.1 Å². The molecule has 0 bridgehead atoms. The van der Waals surface area contributed by atoms with E-state index < -0.39 is 27.3 Å². The number of hydrogen-bond acceptors (Lipinski definition) is 5. The van der Waals surface area contributed by atoms with Crippen LogP contribution in [0.2, 0.25) is 0 Å². The van der Waals surface area contributed by atoms with Gasteiger partial charge in [-0.3, -0.25) is 9.69 Å². The number of anilines is 1. The summed E-state index contributed by atoms with van der Waals surface area (Å²) in [5.74, 6) is -1.86. The summed E-state index contributed by atoms with van der Waals surface area (Å²) in [5.41, 5.74) is 2.74. The van der Waals surface area contributed by atoms with Crippen LogP contribution in [0.5, 0.6) is 0 Å². The minimum absolute atomic E-state index is 0.0931. The SMILES string of the molecule is CCc1cccc2sc(N(Cc3ccccc3)C(=O)CS(=O)(=O)c3ccc(F)cc3)nc12. The monoisotopic (exact) mass is 468 g/mol. The zero-order valence-electron chi connectivity index (χ0n) is 17.4. The van der Waals surface area contributed by atoms with Crippen LogP contribution in [0.3, 0.4) is 0 Å². The number of fused-ring (bicyclic) bond motifs is 1. The number of hydrogen-bond donors (Lipinski definition) is 0. The third kappa shape index (κ3) is 4.71. The Morgan fingerprint density at radius 3 is 2.41 bits per heavy atom. The summed E-state index contributed by atoms with van der Waals surface area (Å²) in [4.78, 5) is 19.3. The molecule has 1 aromatic heterocycles. The van der Waals surface area contributed by atoms with Gasteiger partial charge in [0.25, 0.3) is 0 Å². The van der Waals surface area contributed by atoms with Crippen LogP contribution in [0.15, 0.2) is 77.7 Å². The largest absolute Gasteiger partial charge is 0.283 e. The van der Waals surface area contributed by atoms with E-state index in [0.717, 1.165) is 39.9 Å². The smallest absolute Gasteiger partial charge is 0.244 e. The second kappa shape index (κ2) is 9.18. The van der Waals surface area contributed by atoms with Crippen molar-refractivity contribution in [1.29, 1.82) is 0 Å². The van der Waals surface area contributed by atoms with Crippen LogP contribution in [0.1, 0.15) is 18.1 Å². The Balaban J connectivity index is 1.71. The first-order valence-corrected chi connectivity index (χ1v) is 12.6. The molecule has 1 heterocycles. The average Bonchev–Trinajstić information content (AvgIpc) is 3.22. The van der Waals surface area contributed by atoms with Gasteiger partial charge in [-0.05, 0) is 47.9 Å². The van der Waals surface area contributed by atoms with Gasteiger partial charge in [0.1, 0.15) is 11.6 Å². The number of benzene rings is 3. The summed E-state index contributed by atoms with van der Waals surface area (Å²) in [6, 6.07) is 19.7. The normalized spacial score (nSPS) is 11.6. The number of sulfone groups is 1. The predicted molar refractivity (Wildman–Crippen MR) is 125 cm³/mol. The highest BCUT2D eigenvalue weighted by Gasteiger charge is 2.27. The molecule has 0 N–H and O–H groups in total. The van der Waals surface area contributed by atoms with E-state index in [4.69, 9.17) is 4.98 Å². The van der Waals surface area contributed by atoms with Crippen molar-refractivity contribution in [3.63, 3.8) is 0 Å². The number of rotatable bonds is 7. The number of carbonyl (C=O) groups excluding carboxylic acids is 1. The molecule has 3 aromatic carbocycles. The fourth-order valence-corrected chi connectivity index (χ4v) is 5.62. The van der Waals surface area contributed by atoms with Gasteiger partial charge in [0.05, 0.1) is 21.7 Å². The van der Waals surface area contributed by atoms with Crippen molar-refractivity contribution in [2.45, 2.75) is 24.8 Å². The maximum atomic E-state index is 13.3. The number of carbonyl (C=O) groups is 1. The van der Waals surface area contributed by atoms with E-state index in [0.29, 0.717) is 5.13 Å². The van der Waals surface area contributed by atoms with Crippen LogP contribution < -0.4 is 4.90 Å². The molecule has 4 rings (SSSR count). The van der Waals surface area contributed by atoms with Crippen LogP contribution in [0, 0.1) is 5.82 Å². The van der Waals surface area contributed by atoms with Crippen LogP contribution in [0.4, 0.5) is 9.52 Å². The summed E-state index contributed by atoms with van der Waals surface area (Å²) in [7, 11) is -3.95. The maximum Gasteiger partial charge on any atom is 0.244 e. The fraction of sp³-hybridized carbons (Fsp3) is 0.167. The highest BCUT2D eigenvalue weighted by atomic mass is 32.2.